The third-order valence-corrected chi connectivity index (χ3v) is 0.347. The smallest absolute Gasteiger partial charge is 0.320 e. The largest absolute Gasteiger partial charge is 0.647 e. The van der Waals surface area contributed by atoms with Crippen molar-refractivity contribution in [1.29, 1.82) is 0 Å². The Morgan fingerprint density at radius 3 is 2.50 bits per heavy atom. The van der Waals surface area contributed by atoms with Crippen LogP contribution in [0.15, 0.2) is 10.3 Å². The lowest BCUT2D eigenvalue weighted by atomic mass is 11.1. The number of nitro groups is 1. The van der Waals surface area contributed by atoms with Crippen LogP contribution in [-0.2, 0) is 0 Å². The van der Waals surface area contributed by atoms with Gasteiger partial charge in [0.1, 0.15) is 0 Å². The summed E-state index contributed by atoms with van der Waals surface area (Å²) < 4.78 is 0. The van der Waals surface area contributed by atoms with Gasteiger partial charge in [-0.15, -0.1) is 0 Å². The predicted molar refractivity (Wildman–Crippen MR) is 23.0 cm³/mol. The van der Waals surface area contributed by atoms with Crippen molar-refractivity contribution in [3.05, 3.63) is 10.1 Å². The molecular weight excluding hydrogens is 114 g/mol. The van der Waals surface area contributed by atoms with Gasteiger partial charge in [0.2, 0.25) is 5.11 Å². The summed E-state index contributed by atoms with van der Waals surface area (Å²) in [5.41, 5.74) is 0. The summed E-state index contributed by atoms with van der Waals surface area (Å²) in [6.07, 6.45) is 0. The maximum absolute atomic E-state index is 9.52. The van der Waals surface area contributed by atoms with E-state index in [0.717, 1.165) is 0 Å². The first-order valence-corrected chi connectivity index (χ1v) is 1.56. The molecule has 0 saturated heterocycles. The van der Waals surface area contributed by atoms with E-state index in [1.54, 1.807) is 0 Å². The van der Waals surface area contributed by atoms with Gasteiger partial charge in [-0.1, -0.05) is 0 Å². The van der Waals surface area contributed by atoms with Crippen LogP contribution in [-0.4, -0.2) is 10.9 Å². The van der Waals surface area contributed by atoms with Crippen LogP contribution in [0.1, 0.15) is 0 Å². The van der Waals surface area contributed by atoms with E-state index in [9.17, 15) is 10.1 Å². The Morgan fingerprint density at radius 2 is 2.38 bits per heavy atom. The van der Waals surface area contributed by atoms with Gasteiger partial charge in [0.15, 0.2) is 0 Å². The van der Waals surface area contributed by atoms with Crippen molar-refractivity contribution in [3.63, 3.8) is 0 Å². The fourth-order valence-electron chi connectivity index (χ4n) is 0.0957. The van der Waals surface area contributed by atoms with E-state index in [-0.39, 0.29) is 0 Å². The Hall–Kier alpha value is -1.53. The van der Waals surface area contributed by atoms with E-state index in [1.807, 2.05) is 0 Å². The Morgan fingerprint density at radius 1 is 1.88 bits per heavy atom. The lowest BCUT2D eigenvalue weighted by molar-refractivity contribution is -0.401. The molecule has 7 nitrogen and oxygen atoms in total. The van der Waals surface area contributed by atoms with E-state index < -0.39 is 10.9 Å². The molecule has 0 aromatic heterocycles. The molecule has 0 aliphatic carbocycles. The maximum atomic E-state index is 9.52. The molecule has 8 heavy (non-hydrogen) atoms. The molecule has 7 heteroatoms. The van der Waals surface area contributed by atoms with Gasteiger partial charge < -0.3 is 10.1 Å². The zero-order valence-corrected chi connectivity index (χ0v) is 3.81. The lowest BCUT2D eigenvalue weighted by Crippen LogP contribution is -2.43. The molecule has 0 heterocycles. The Bertz CT molecular complexity index is 137. The molecule has 0 bridgehead atoms. The van der Waals surface area contributed by atoms with Crippen LogP contribution in [0.2, 0.25) is 0 Å². The minimum absolute atomic E-state index is 0.812. The molecule has 0 aliphatic heterocycles. The molecule has 0 aromatic rings. The molecule has 0 spiro atoms. The Kier molecular flexibility index (Phi) is 2.11. The van der Waals surface area contributed by atoms with Crippen molar-refractivity contribution in [2.45, 2.75) is 0 Å². The average Bonchev–Trinajstić information content (AvgIpc) is 1.67. The second kappa shape index (κ2) is 2.61. The monoisotopic (exact) mass is 118 g/mol. The van der Waals surface area contributed by atoms with Crippen LogP contribution >= 0.6 is 0 Å². The maximum Gasteiger partial charge on any atom is 0.647 e. The first-order chi connectivity index (χ1) is 3.68. The molecule has 0 aromatic carbocycles. The second-order valence-corrected chi connectivity index (χ2v) is 0.831. The first kappa shape index (κ1) is 6.47. The molecule has 0 aliphatic rings. The fraction of sp³-hybridized carbons (Fsp3) is 0. The zero-order chi connectivity index (χ0) is 6.57. The summed E-state index contributed by atoms with van der Waals surface area (Å²) in [6.45, 7) is 0. The molecule has 44 valence electrons. The van der Waals surface area contributed by atoms with Crippen molar-refractivity contribution in [2.75, 3.05) is 0 Å². The van der Waals surface area contributed by atoms with Crippen LogP contribution in [0, 0.1) is 10.1 Å². The van der Waals surface area contributed by atoms with Crippen LogP contribution in [0.4, 0.5) is 0 Å². The van der Waals surface area contributed by atoms with E-state index in [2.05, 4.69) is 21.6 Å². The van der Waals surface area contributed by atoms with Crippen molar-refractivity contribution in [2.24, 2.45) is 16.2 Å². The number of rotatable bonds is 0. The van der Waals surface area contributed by atoms with Gasteiger partial charge in [0.05, 0.1) is 10.1 Å². The summed E-state index contributed by atoms with van der Waals surface area (Å²) >= 11 is 0. The predicted octanol–water partition coefficient (Wildman–Crippen LogP) is -2.30. The highest BCUT2D eigenvalue weighted by molar-refractivity contribution is 5.64. The molecule has 0 amide bonds. The standard InChI is InChI=1S/CH3N5O2/c2-1(4-5-3)6(7)8/h(H3,2,3,4)/p+1. The summed E-state index contributed by atoms with van der Waals surface area (Å²) in [4.78, 5) is 8.63. The van der Waals surface area contributed by atoms with Crippen LogP contribution in [0.25, 0.3) is 0 Å². The van der Waals surface area contributed by atoms with E-state index in [0.29, 0.717) is 0 Å². The molecule has 0 unspecified atom stereocenters. The number of guanidine groups is 1. The topological polar surface area (TPSA) is 119 Å². The van der Waals surface area contributed by atoms with Crippen LogP contribution in [0.5, 0.6) is 0 Å². The van der Waals surface area contributed by atoms with Gasteiger partial charge in [-0.2, -0.15) is 0 Å². The normalized spacial score (nSPS) is 9.50. The minimum Gasteiger partial charge on any atom is -0.320 e. The molecule has 0 radical (unpaired) electrons. The number of hydrogen-bond donors (Lipinski definition) is 2. The van der Waals surface area contributed by atoms with E-state index in [4.69, 9.17) is 0 Å². The highest BCUT2D eigenvalue weighted by Crippen LogP contribution is 1.69. The van der Waals surface area contributed by atoms with Gasteiger partial charge in [-0.05, 0) is 0 Å². The Balaban J connectivity index is 3.85. The van der Waals surface area contributed by atoms with Gasteiger partial charge in [0, 0.05) is 0 Å². The number of nitrogens with two attached hydrogens (primary N) is 2. The van der Waals surface area contributed by atoms with Gasteiger partial charge >= 0.3 is 5.96 Å². The number of nitrogens with zero attached hydrogens (tertiary/aromatic N) is 3. The van der Waals surface area contributed by atoms with Gasteiger partial charge in [-0.3, -0.25) is 5.84 Å². The van der Waals surface area contributed by atoms with E-state index >= 15 is 0 Å². The van der Waals surface area contributed by atoms with Gasteiger partial charge in [-0.25, -0.2) is 5.41 Å². The lowest BCUT2D eigenvalue weighted by Gasteiger charge is -1.72. The summed E-state index contributed by atoms with van der Waals surface area (Å²) in [5, 5.41) is 19.4. The van der Waals surface area contributed by atoms with Crippen molar-refractivity contribution < 1.29 is 10.3 Å². The molecular formula is CH4N5O2+. The summed E-state index contributed by atoms with van der Waals surface area (Å²) in [7, 11) is 0. The van der Waals surface area contributed by atoms with E-state index in [1.165, 1.54) is 0 Å². The number of hydrogen-bond acceptors (Lipinski definition) is 3. The molecule has 0 atom stereocenters. The molecule has 0 saturated carbocycles. The van der Waals surface area contributed by atoms with Crippen molar-refractivity contribution in [3.8, 4) is 0 Å². The SMILES string of the molecule is NN=NC(=[NH2+])[N+](=O)[O-]. The third kappa shape index (κ3) is 1.80. The highest BCUT2D eigenvalue weighted by Gasteiger charge is 2.16. The van der Waals surface area contributed by atoms with Crippen LogP contribution in [0.3, 0.4) is 0 Å². The highest BCUT2D eigenvalue weighted by atomic mass is 16.6. The average molecular weight is 118 g/mol. The van der Waals surface area contributed by atoms with Gasteiger partial charge in [0.25, 0.3) is 0 Å². The molecule has 0 rings (SSSR count). The minimum atomic E-state index is -0.893. The summed E-state index contributed by atoms with van der Waals surface area (Å²) in [6, 6.07) is 0. The van der Waals surface area contributed by atoms with Crippen LogP contribution < -0.4 is 11.3 Å². The quantitative estimate of drug-likeness (QED) is 0.0929. The third-order valence-electron chi connectivity index (χ3n) is 0.347. The first-order valence-electron chi connectivity index (χ1n) is 1.56. The molecule has 4 N–H and O–H groups in total. The fourth-order valence-corrected chi connectivity index (χ4v) is 0.0957. The zero-order valence-electron chi connectivity index (χ0n) is 3.81. The van der Waals surface area contributed by atoms with Crippen molar-refractivity contribution in [1.82, 2.24) is 0 Å². The van der Waals surface area contributed by atoms with Crippen molar-refractivity contribution >= 4 is 5.96 Å². The second-order valence-electron chi connectivity index (χ2n) is 0.831. The molecule has 0 fully saturated rings. The Labute approximate surface area is 43.8 Å². The summed E-state index contributed by atoms with van der Waals surface area (Å²) in [5.74, 6) is 3.61.